The lowest BCUT2D eigenvalue weighted by Gasteiger charge is -1.99. The number of ether oxygens (including phenoxy) is 2. The Morgan fingerprint density at radius 1 is 1.32 bits per heavy atom. The molecule has 8 nitrogen and oxygen atoms in total. The number of H-pyrrole nitrogens is 2. The van der Waals surface area contributed by atoms with E-state index in [1.165, 1.54) is 17.6 Å². The zero-order valence-electron chi connectivity index (χ0n) is 12.5. The number of hydrogen-bond donors (Lipinski definition) is 3. The van der Waals surface area contributed by atoms with Crippen molar-refractivity contribution in [1.82, 2.24) is 15.0 Å². The van der Waals surface area contributed by atoms with Crippen molar-refractivity contribution in [3.63, 3.8) is 0 Å². The summed E-state index contributed by atoms with van der Waals surface area (Å²) in [6.45, 7) is 0.212. The second kappa shape index (κ2) is 6.15. The SMILES string of the molecule is O=c1[nH]c(=S)[nH]c(O)c1C=Nc1nc(-c2ccc3c(c2)OCO3)cs1. The van der Waals surface area contributed by atoms with Gasteiger partial charge in [0.05, 0.1) is 5.69 Å². The van der Waals surface area contributed by atoms with Gasteiger partial charge in [-0.15, -0.1) is 11.3 Å². The molecule has 3 heterocycles. The molecule has 2 aromatic heterocycles. The number of fused-ring (bicyclic) bond motifs is 1. The van der Waals surface area contributed by atoms with E-state index in [2.05, 4.69) is 19.9 Å². The Labute approximate surface area is 149 Å². The molecular weight excluding hydrogens is 364 g/mol. The third-order valence-corrected chi connectivity index (χ3v) is 4.38. The van der Waals surface area contributed by atoms with Gasteiger partial charge in [0.15, 0.2) is 16.3 Å². The Morgan fingerprint density at radius 3 is 3.00 bits per heavy atom. The van der Waals surface area contributed by atoms with Crippen molar-refractivity contribution in [3.05, 3.63) is 44.3 Å². The summed E-state index contributed by atoms with van der Waals surface area (Å²) in [5.41, 5.74) is 1.04. The average molecular weight is 374 g/mol. The quantitative estimate of drug-likeness (QED) is 0.480. The van der Waals surface area contributed by atoms with Crippen LogP contribution in [0.15, 0.2) is 33.4 Å². The first-order valence-electron chi connectivity index (χ1n) is 7.05. The molecule has 1 aliphatic rings. The fraction of sp³-hybridized carbons (Fsp3) is 0.0667. The lowest BCUT2D eigenvalue weighted by Crippen LogP contribution is -2.13. The number of aliphatic imine (C=N–C) groups is 1. The van der Waals surface area contributed by atoms with Crippen molar-refractivity contribution in [2.45, 2.75) is 0 Å². The maximum atomic E-state index is 11.8. The van der Waals surface area contributed by atoms with E-state index in [0.29, 0.717) is 16.6 Å². The second-order valence-electron chi connectivity index (χ2n) is 5.01. The summed E-state index contributed by atoms with van der Waals surface area (Å²) in [5.74, 6) is 1.03. The average Bonchev–Trinajstić information content (AvgIpc) is 3.22. The number of benzene rings is 1. The van der Waals surface area contributed by atoms with Gasteiger partial charge in [-0.25, -0.2) is 9.98 Å². The molecule has 3 N–H and O–H groups in total. The van der Waals surface area contributed by atoms with E-state index >= 15 is 0 Å². The maximum Gasteiger partial charge on any atom is 0.264 e. The van der Waals surface area contributed by atoms with E-state index in [1.807, 2.05) is 23.6 Å². The molecule has 10 heteroatoms. The van der Waals surface area contributed by atoms with Crippen LogP contribution < -0.4 is 15.0 Å². The Kier molecular flexibility index (Phi) is 3.82. The third-order valence-electron chi connectivity index (χ3n) is 3.42. The Hall–Kier alpha value is -2.98. The minimum absolute atomic E-state index is 0.0200. The summed E-state index contributed by atoms with van der Waals surface area (Å²) in [7, 11) is 0. The predicted octanol–water partition coefficient (Wildman–Crippen LogP) is 2.74. The molecule has 0 unspecified atom stereocenters. The van der Waals surface area contributed by atoms with Crippen LogP contribution in [-0.4, -0.2) is 33.1 Å². The van der Waals surface area contributed by atoms with Gasteiger partial charge in [-0.1, -0.05) is 0 Å². The second-order valence-corrected chi connectivity index (χ2v) is 6.26. The van der Waals surface area contributed by atoms with Crippen LogP contribution in [0.3, 0.4) is 0 Å². The van der Waals surface area contributed by atoms with E-state index < -0.39 is 5.56 Å². The van der Waals surface area contributed by atoms with Crippen molar-refractivity contribution in [3.8, 4) is 28.6 Å². The lowest BCUT2D eigenvalue weighted by molar-refractivity contribution is 0.174. The molecule has 1 aromatic carbocycles. The van der Waals surface area contributed by atoms with Crippen molar-refractivity contribution in [1.29, 1.82) is 0 Å². The van der Waals surface area contributed by atoms with Gasteiger partial charge in [0.2, 0.25) is 17.8 Å². The molecule has 0 bridgehead atoms. The largest absolute Gasteiger partial charge is 0.494 e. The first kappa shape index (κ1) is 15.5. The standard InChI is InChI=1S/C15H10N4O4S2/c20-12-8(13(21)19-14(24)18-12)4-16-15-17-9(5-25-15)7-1-2-10-11(3-7)23-6-22-10/h1-5H,6H2,(H3,18,19,20,21,24). The number of hydrogen-bond acceptors (Lipinski definition) is 8. The van der Waals surface area contributed by atoms with Crippen LogP contribution in [0.5, 0.6) is 17.4 Å². The Balaban J connectivity index is 1.62. The number of aromatic amines is 2. The normalized spacial score (nSPS) is 12.8. The van der Waals surface area contributed by atoms with Gasteiger partial charge in [0.1, 0.15) is 5.56 Å². The summed E-state index contributed by atoms with van der Waals surface area (Å²) >= 11 is 6.08. The molecule has 0 fully saturated rings. The Morgan fingerprint density at radius 2 is 2.16 bits per heavy atom. The summed E-state index contributed by atoms with van der Waals surface area (Å²) in [5, 5.41) is 12.0. The van der Waals surface area contributed by atoms with Gasteiger partial charge in [-0.3, -0.25) is 9.78 Å². The number of rotatable bonds is 3. The molecular formula is C15H10N4O4S2. The summed E-state index contributed by atoms with van der Waals surface area (Å²) in [6.07, 6.45) is 1.24. The topological polar surface area (TPSA) is 113 Å². The number of aromatic nitrogens is 3. The molecule has 25 heavy (non-hydrogen) atoms. The summed E-state index contributed by atoms with van der Waals surface area (Å²) in [4.78, 5) is 25.1. The first-order valence-corrected chi connectivity index (χ1v) is 8.34. The van der Waals surface area contributed by atoms with Crippen LogP contribution >= 0.6 is 23.6 Å². The molecule has 3 aromatic rings. The van der Waals surface area contributed by atoms with Crippen molar-refractivity contribution >= 4 is 34.9 Å². The highest BCUT2D eigenvalue weighted by molar-refractivity contribution is 7.71. The van der Waals surface area contributed by atoms with Crippen LogP contribution in [0.1, 0.15) is 5.56 Å². The zero-order valence-corrected chi connectivity index (χ0v) is 14.1. The highest BCUT2D eigenvalue weighted by atomic mass is 32.1. The molecule has 0 saturated heterocycles. The smallest absolute Gasteiger partial charge is 0.264 e. The van der Waals surface area contributed by atoms with E-state index in [-0.39, 0.29) is 23.0 Å². The summed E-state index contributed by atoms with van der Waals surface area (Å²) < 4.78 is 10.7. The zero-order chi connectivity index (χ0) is 17.4. The summed E-state index contributed by atoms with van der Waals surface area (Å²) in [6, 6.07) is 5.55. The van der Waals surface area contributed by atoms with Crippen LogP contribution in [0, 0.1) is 4.77 Å². The van der Waals surface area contributed by atoms with Crippen molar-refractivity contribution < 1.29 is 14.6 Å². The molecule has 0 saturated carbocycles. The van der Waals surface area contributed by atoms with Crippen LogP contribution in [0.25, 0.3) is 11.3 Å². The third kappa shape index (κ3) is 3.04. The predicted molar refractivity (Wildman–Crippen MR) is 94.8 cm³/mol. The van der Waals surface area contributed by atoms with Gasteiger partial charge in [0.25, 0.3) is 5.56 Å². The monoisotopic (exact) mass is 374 g/mol. The number of thiazole rings is 1. The number of nitrogens with one attached hydrogen (secondary N) is 2. The van der Waals surface area contributed by atoms with Crippen LogP contribution in [0.4, 0.5) is 5.13 Å². The molecule has 4 rings (SSSR count). The fourth-order valence-electron chi connectivity index (χ4n) is 2.24. The van der Waals surface area contributed by atoms with Crippen molar-refractivity contribution in [2.75, 3.05) is 6.79 Å². The number of nitrogens with zero attached hydrogens (tertiary/aromatic N) is 2. The molecule has 0 aliphatic carbocycles. The molecule has 0 radical (unpaired) electrons. The maximum absolute atomic E-state index is 11.8. The fourth-order valence-corrected chi connectivity index (χ4v) is 3.10. The van der Waals surface area contributed by atoms with Gasteiger partial charge in [-0.05, 0) is 30.4 Å². The van der Waals surface area contributed by atoms with E-state index in [0.717, 1.165) is 11.3 Å². The molecule has 0 amide bonds. The highest BCUT2D eigenvalue weighted by Gasteiger charge is 2.15. The lowest BCUT2D eigenvalue weighted by atomic mass is 10.1. The highest BCUT2D eigenvalue weighted by Crippen LogP contribution is 2.36. The molecule has 1 aliphatic heterocycles. The van der Waals surface area contributed by atoms with E-state index in [4.69, 9.17) is 21.7 Å². The molecule has 126 valence electrons. The first-order chi connectivity index (χ1) is 12.1. The minimum Gasteiger partial charge on any atom is -0.494 e. The van der Waals surface area contributed by atoms with Gasteiger partial charge < -0.3 is 19.6 Å². The van der Waals surface area contributed by atoms with E-state index in [9.17, 15) is 9.90 Å². The Bertz CT molecular complexity index is 1100. The van der Waals surface area contributed by atoms with E-state index in [1.54, 1.807) is 0 Å². The van der Waals surface area contributed by atoms with Crippen LogP contribution in [-0.2, 0) is 0 Å². The molecule has 0 atom stereocenters. The minimum atomic E-state index is -0.530. The van der Waals surface area contributed by atoms with Gasteiger partial charge >= 0.3 is 0 Å². The van der Waals surface area contributed by atoms with Crippen LogP contribution in [0.2, 0.25) is 0 Å². The van der Waals surface area contributed by atoms with Gasteiger partial charge in [-0.2, -0.15) is 0 Å². The number of aromatic hydroxyl groups is 1. The molecule has 0 spiro atoms. The van der Waals surface area contributed by atoms with Crippen molar-refractivity contribution in [2.24, 2.45) is 4.99 Å². The van der Waals surface area contributed by atoms with Gasteiger partial charge in [0, 0.05) is 17.2 Å².